The van der Waals surface area contributed by atoms with Crippen LogP contribution in [0.4, 0.5) is 0 Å². The van der Waals surface area contributed by atoms with Crippen LogP contribution in [0.1, 0.15) is 12.7 Å². The number of hydrazone groups is 1. The van der Waals surface area contributed by atoms with Crippen molar-refractivity contribution in [3.05, 3.63) is 52.4 Å². The summed E-state index contributed by atoms with van der Waals surface area (Å²) in [5, 5.41) is 4.59. The monoisotopic (exact) mass is 326 g/mol. The Bertz CT molecular complexity index is 642. The topological polar surface area (TPSA) is 63.8 Å². The number of halogens is 2. The Balaban J connectivity index is 1.90. The molecule has 5 nitrogen and oxygen atoms in total. The summed E-state index contributed by atoms with van der Waals surface area (Å²) in [7, 11) is 0. The molecule has 0 saturated carbocycles. The molecule has 0 spiro atoms. The van der Waals surface area contributed by atoms with Crippen molar-refractivity contribution >= 4 is 35.3 Å². The van der Waals surface area contributed by atoms with Gasteiger partial charge in [-0.05, 0) is 37.3 Å². The largest absolute Gasteiger partial charge is 0.479 e. The number of rotatable bonds is 5. The zero-order valence-corrected chi connectivity index (χ0v) is 12.6. The molecule has 110 valence electrons. The summed E-state index contributed by atoms with van der Waals surface area (Å²) in [5.74, 6) is 0.493. The minimum absolute atomic E-state index is 0.334. The molecule has 0 fully saturated rings. The van der Waals surface area contributed by atoms with Crippen LogP contribution in [0.2, 0.25) is 10.0 Å². The number of benzene rings is 1. The summed E-state index contributed by atoms with van der Waals surface area (Å²) < 4.78 is 10.5. The molecule has 1 N–H and O–H groups in total. The number of nitrogens with zero attached hydrogens (tertiary/aromatic N) is 1. The van der Waals surface area contributed by atoms with E-state index in [1.165, 1.54) is 18.5 Å². The van der Waals surface area contributed by atoms with Crippen LogP contribution in [0.5, 0.6) is 5.75 Å². The number of carbonyl (C=O) groups is 1. The predicted octanol–water partition coefficient (Wildman–Crippen LogP) is 3.50. The lowest BCUT2D eigenvalue weighted by molar-refractivity contribution is -0.127. The highest BCUT2D eigenvalue weighted by Crippen LogP contribution is 2.28. The van der Waals surface area contributed by atoms with E-state index in [9.17, 15) is 4.79 Å². The molecule has 0 aliphatic heterocycles. The number of ether oxygens (including phenoxy) is 1. The number of hydrogen-bond donors (Lipinski definition) is 1. The molecule has 1 atom stereocenters. The Kier molecular flexibility index (Phi) is 5.25. The lowest BCUT2D eigenvalue weighted by Gasteiger charge is -2.14. The van der Waals surface area contributed by atoms with Crippen molar-refractivity contribution in [1.29, 1.82) is 0 Å². The van der Waals surface area contributed by atoms with Crippen LogP contribution in [-0.2, 0) is 4.79 Å². The van der Waals surface area contributed by atoms with Crippen LogP contribution in [0, 0.1) is 0 Å². The van der Waals surface area contributed by atoms with E-state index in [0.29, 0.717) is 21.6 Å². The molecule has 7 heteroatoms. The smallest absolute Gasteiger partial charge is 0.280 e. The van der Waals surface area contributed by atoms with Gasteiger partial charge in [-0.2, -0.15) is 5.10 Å². The standard InChI is InChI=1S/C14H12Cl2N2O3/c1-9(21-13-5-4-10(15)7-12(13)16)14(19)18-17-8-11-3-2-6-20-11/h2-9H,1H3,(H,18,19). The van der Waals surface area contributed by atoms with Crippen molar-refractivity contribution in [1.82, 2.24) is 5.43 Å². The van der Waals surface area contributed by atoms with E-state index in [2.05, 4.69) is 10.5 Å². The minimum Gasteiger partial charge on any atom is -0.479 e. The second-order valence-electron chi connectivity index (χ2n) is 4.08. The summed E-state index contributed by atoms with van der Waals surface area (Å²) in [6.07, 6.45) is 2.13. The van der Waals surface area contributed by atoms with Gasteiger partial charge in [0.1, 0.15) is 11.5 Å². The van der Waals surface area contributed by atoms with Gasteiger partial charge >= 0.3 is 0 Å². The Morgan fingerprint density at radius 1 is 1.43 bits per heavy atom. The molecule has 1 unspecified atom stereocenters. The third-order valence-electron chi connectivity index (χ3n) is 2.48. The fraction of sp³-hybridized carbons (Fsp3) is 0.143. The van der Waals surface area contributed by atoms with Crippen LogP contribution < -0.4 is 10.2 Å². The van der Waals surface area contributed by atoms with Crippen molar-refractivity contribution in [3.8, 4) is 5.75 Å². The van der Waals surface area contributed by atoms with Gasteiger partial charge in [-0.3, -0.25) is 4.79 Å². The summed E-state index contributed by atoms with van der Waals surface area (Å²) >= 11 is 11.8. The lowest BCUT2D eigenvalue weighted by atomic mass is 10.3. The maximum Gasteiger partial charge on any atom is 0.280 e. The first kappa shape index (κ1) is 15.4. The quantitative estimate of drug-likeness (QED) is 0.675. The van der Waals surface area contributed by atoms with E-state index in [0.717, 1.165) is 0 Å². The number of furan rings is 1. The summed E-state index contributed by atoms with van der Waals surface area (Å²) in [5.41, 5.74) is 2.35. The molecule has 0 aliphatic carbocycles. The van der Waals surface area contributed by atoms with E-state index in [4.69, 9.17) is 32.4 Å². The van der Waals surface area contributed by atoms with Crippen LogP contribution in [0.25, 0.3) is 0 Å². The van der Waals surface area contributed by atoms with E-state index >= 15 is 0 Å². The third kappa shape index (κ3) is 4.51. The zero-order valence-electron chi connectivity index (χ0n) is 11.0. The lowest BCUT2D eigenvalue weighted by Crippen LogP contribution is -2.33. The van der Waals surface area contributed by atoms with E-state index in [1.54, 1.807) is 31.2 Å². The Labute approximate surface area is 131 Å². The van der Waals surface area contributed by atoms with Crippen molar-refractivity contribution in [3.63, 3.8) is 0 Å². The van der Waals surface area contributed by atoms with Crippen molar-refractivity contribution in [2.24, 2.45) is 5.10 Å². The summed E-state index contributed by atoms with van der Waals surface area (Å²) in [6, 6.07) is 8.20. The van der Waals surface area contributed by atoms with Gasteiger partial charge in [0, 0.05) is 5.02 Å². The molecule has 1 amide bonds. The summed E-state index contributed by atoms with van der Waals surface area (Å²) in [6.45, 7) is 1.59. The van der Waals surface area contributed by atoms with Gasteiger partial charge < -0.3 is 9.15 Å². The normalized spacial score (nSPS) is 12.3. The first-order valence-electron chi connectivity index (χ1n) is 6.04. The second kappa shape index (κ2) is 7.15. The van der Waals surface area contributed by atoms with Crippen molar-refractivity contribution < 1.29 is 13.9 Å². The first-order chi connectivity index (χ1) is 10.1. The van der Waals surface area contributed by atoms with Crippen molar-refractivity contribution in [2.45, 2.75) is 13.0 Å². The van der Waals surface area contributed by atoms with Crippen molar-refractivity contribution in [2.75, 3.05) is 0 Å². The van der Waals surface area contributed by atoms with E-state index in [-0.39, 0.29) is 0 Å². The number of carbonyl (C=O) groups excluding carboxylic acids is 1. The SMILES string of the molecule is CC(Oc1ccc(Cl)cc1Cl)C(=O)NN=Cc1ccco1. The van der Waals surface area contributed by atoms with Gasteiger partial charge in [0.05, 0.1) is 17.5 Å². The molecule has 1 aromatic carbocycles. The van der Waals surface area contributed by atoms with Gasteiger partial charge in [0.15, 0.2) is 6.10 Å². The number of nitrogens with one attached hydrogen (secondary N) is 1. The third-order valence-corrected chi connectivity index (χ3v) is 3.01. The fourth-order valence-corrected chi connectivity index (χ4v) is 1.88. The van der Waals surface area contributed by atoms with E-state index < -0.39 is 12.0 Å². The maximum atomic E-state index is 11.8. The number of hydrogen-bond acceptors (Lipinski definition) is 4. The molecule has 21 heavy (non-hydrogen) atoms. The highest BCUT2D eigenvalue weighted by atomic mass is 35.5. The maximum absolute atomic E-state index is 11.8. The van der Waals surface area contributed by atoms with Gasteiger partial charge in [-0.15, -0.1) is 0 Å². The van der Waals surface area contributed by atoms with Crippen LogP contribution in [0.15, 0.2) is 46.1 Å². The van der Waals surface area contributed by atoms with Gasteiger partial charge in [-0.25, -0.2) is 5.43 Å². The van der Waals surface area contributed by atoms with Gasteiger partial charge in [0.2, 0.25) is 0 Å². The molecule has 0 saturated heterocycles. The Morgan fingerprint density at radius 3 is 2.90 bits per heavy atom. The average Bonchev–Trinajstić information content (AvgIpc) is 2.95. The highest BCUT2D eigenvalue weighted by Gasteiger charge is 2.15. The van der Waals surface area contributed by atoms with Crippen LogP contribution >= 0.6 is 23.2 Å². The Morgan fingerprint density at radius 2 is 2.24 bits per heavy atom. The average molecular weight is 327 g/mol. The second-order valence-corrected chi connectivity index (χ2v) is 4.93. The molecule has 2 rings (SSSR count). The van der Waals surface area contributed by atoms with Crippen LogP contribution in [0.3, 0.4) is 0 Å². The van der Waals surface area contributed by atoms with Gasteiger partial charge in [0.25, 0.3) is 5.91 Å². The highest BCUT2D eigenvalue weighted by molar-refractivity contribution is 6.35. The van der Waals surface area contributed by atoms with Crippen LogP contribution in [-0.4, -0.2) is 18.2 Å². The molecule has 1 aromatic heterocycles. The Hall–Kier alpha value is -1.98. The van der Waals surface area contributed by atoms with E-state index in [1.807, 2.05) is 0 Å². The number of amides is 1. The van der Waals surface area contributed by atoms with Gasteiger partial charge in [-0.1, -0.05) is 23.2 Å². The predicted molar refractivity (Wildman–Crippen MR) is 81.0 cm³/mol. The molecular weight excluding hydrogens is 315 g/mol. The molecule has 0 bridgehead atoms. The zero-order chi connectivity index (χ0) is 15.2. The molecule has 0 radical (unpaired) electrons. The fourth-order valence-electron chi connectivity index (χ4n) is 1.43. The molecule has 2 aromatic rings. The molecule has 1 heterocycles. The minimum atomic E-state index is -0.766. The summed E-state index contributed by atoms with van der Waals surface area (Å²) in [4.78, 5) is 11.8. The first-order valence-corrected chi connectivity index (χ1v) is 6.80. The molecule has 0 aliphatic rings. The molecular formula is C14H12Cl2N2O3.